The molecule has 3 aliphatic heterocycles. The number of hydrogen-bond donors (Lipinski definition) is 1. The fourth-order valence-electron chi connectivity index (χ4n) is 5.86. The number of piperazine rings is 1. The Bertz CT molecular complexity index is 978. The Morgan fingerprint density at radius 1 is 1.09 bits per heavy atom. The number of nitrogens with zero attached hydrogens (tertiary/aromatic N) is 3. The third-order valence-electron chi connectivity index (χ3n) is 8.02. The summed E-state index contributed by atoms with van der Waals surface area (Å²) >= 11 is 5.85. The molecular weight excluding hydrogens is 571 g/mol. The van der Waals surface area contributed by atoms with Gasteiger partial charge in [0.15, 0.2) is 0 Å². The maximum atomic E-state index is 14.1. The highest BCUT2D eigenvalue weighted by Gasteiger charge is 2.36. The van der Waals surface area contributed by atoms with Gasteiger partial charge < -0.3 is 24.6 Å². The third-order valence-corrected chi connectivity index (χ3v) is 8.25. The number of ether oxygens (including phenoxy) is 1. The zero-order chi connectivity index (χ0) is 32.7. The Morgan fingerprint density at radius 2 is 1.67 bits per heavy atom. The molecule has 10 heteroatoms. The van der Waals surface area contributed by atoms with E-state index >= 15 is 0 Å². The van der Waals surface area contributed by atoms with E-state index in [2.05, 4.69) is 49.9 Å². The van der Waals surface area contributed by atoms with E-state index in [0.717, 1.165) is 70.9 Å². The molecule has 1 N–H and O–H groups in total. The molecule has 3 fully saturated rings. The highest BCUT2D eigenvalue weighted by Crippen LogP contribution is 2.36. The second-order valence-electron chi connectivity index (χ2n) is 12.7. The minimum atomic E-state index is -0.402. The molecule has 3 atom stereocenters. The summed E-state index contributed by atoms with van der Waals surface area (Å²) < 4.78 is 19.6. The van der Waals surface area contributed by atoms with Crippen LogP contribution in [0.4, 0.5) is 4.39 Å². The first-order chi connectivity index (χ1) is 20.3. The Balaban J connectivity index is 0.000000386. The quantitative estimate of drug-likeness (QED) is 0.482. The van der Waals surface area contributed by atoms with Crippen LogP contribution < -0.4 is 5.32 Å². The highest BCUT2D eigenvalue weighted by molar-refractivity contribution is 6.30. The van der Waals surface area contributed by atoms with E-state index in [1.165, 1.54) is 13.0 Å². The van der Waals surface area contributed by atoms with Crippen molar-refractivity contribution in [2.24, 2.45) is 11.3 Å². The number of carbonyl (C=O) groups excluding carboxylic acids is 3. The van der Waals surface area contributed by atoms with E-state index in [4.69, 9.17) is 21.1 Å². The molecule has 3 saturated heterocycles. The summed E-state index contributed by atoms with van der Waals surface area (Å²) in [6, 6.07) is 5.28. The van der Waals surface area contributed by atoms with E-state index in [1.807, 2.05) is 31.6 Å². The minimum Gasteiger partial charge on any atom is -0.381 e. The predicted molar refractivity (Wildman–Crippen MR) is 173 cm³/mol. The number of hydrogen-bond acceptors (Lipinski definition) is 6. The number of carbonyl (C=O) groups is 3. The number of likely N-dealkylation sites (N-methyl/N-ethyl adjacent to an activating group) is 1. The lowest BCUT2D eigenvalue weighted by Crippen LogP contribution is -2.54. The zero-order valence-electron chi connectivity index (χ0n) is 27.8. The van der Waals surface area contributed by atoms with Gasteiger partial charge in [-0.15, -0.1) is 0 Å². The topological polar surface area (TPSA) is 82.2 Å². The van der Waals surface area contributed by atoms with Crippen molar-refractivity contribution in [1.82, 2.24) is 20.0 Å². The number of halogens is 2. The second-order valence-corrected chi connectivity index (χ2v) is 13.1. The van der Waals surface area contributed by atoms with Gasteiger partial charge in [0.25, 0.3) is 0 Å². The smallest absolute Gasteiger partial charge is 0.245 e. The van der Waals surface area contributed by atoms with E-state index in [1.54, 1.807) is 6.07 Å². The molecule has 8 nitrogen and oxygen atoms in total. The van der Waals surface area contributed by atoms with Crippen molar-refractivity contribution in [3.05, 3.63) is 34.6 Å². The standard InChI is InChI=1S/C16H21ClFNO.C14H27N3O2.C2H6.CH2O/c1-11-9-19(13-4-6-20-7-5-13)10-15(11)14-3-2-12(17)8-16(14)18;1-11(18)15-12(10-14(2,3)4)13(19)17-8-6-16(5)7-9-17;2*1-2/h2-3,8,11,13,15H,4-7,9-10H2,1H3;12H,6-10H2,1-5H3,(H,15,18);1-2H3;1H2/t11?,15-;;;/m1.../s1. The molecule has 1 aromatic rings. The molecule has 0 aromatic heterocycles. The summed E-state index contributed by atoms with van der Waals surface area (Å²) in [5.41, 5.74) is 0.825. The normalized spacial score (nSPS) is 22.1. The summed E-state index contributed by atoms with van der Waals surface area (Å²) in [7, 11) is 2.06. The number of likely N-dealkylation sites (tertiary alicyclic amines) is 1. The molecule has 43 heavy (non-hydrogen) atoms. The number of rotatable bonds is 5. The van der Waals surface area contributed by atoms with Gasteiger partial charge in [-0.3, -0.25) is 14.5 Å². The summed E-state index contributed by atoms with van der Waals surface area (Å²) in [6.07, 6.45) is 2.86. The molecule has 2 unspecified atom stereocenters. The molecule has 1 aromatic carbocycles. The summed E-state index contributed by atoms with van der Waals surface area (Å²) in [5.74, 6) is 0.502. The van der Waals surface area contributed by atoms with Crippen LogP contribution in [0.3, 0.4) is 0 Å². The Hall–Kier alpha value is -2.07. The molecule has 0 aliphatic carbocycles. The molecule has 0 radical (unpaired) electrons. The zero-order valence-corrected chi connectivity index (χ0v) is 28.5. The first kappa shape index (κ1) is 39.0. The maximum Gasteiger partial charge on any atom is 0.245 e. The van der Waals surface area contributed by atoms with Gasteiger partial charge in [-0.1, -0.05) is 59.2 Å². The Kier molecular flexibility index (Phi) is 17.5. The highest BCUT2D eigenvalue weighted by atomic mass is 35.5. The SMILES string of the molecule is C=O.CC.CC(=O)NC(CC(C)(C)C)C(=O)N1CCN(C)CC1.CC1CN(C2CCOCC2)C[C@H]1c1ccc(Cl)cc1F. The van der Waals surface area contributed by atoms with Gasteiger partial charge in [-0.2, -0.15) is 0 Å². The molecular formula is C33H56ClFN4O4. The number of amides is 2. The molecule has 3 aliphatic rings. The van der Waals surface area contributed by atoms with Crippen molar-refractivity contribution in [2.45, 2.75) is 85.7 Å². The molecule has 0 spiro atoms. The predicted octanol–water partition coefficient (Wildman–Crippen LogP) is 5.24. The summed E-state index contributed by atoms with van der Waals surface area (Å²) in [4.78, 5) is 38.4. The van der Waals surface area contributed by atoms with E-state index in [-0.39, 0.29) is 29.0 Å². The third kappa shape index (κ3) is 13.2. The molecule has 246 valence electrons. The lowest BCUT2D eigenvalue weighted by Gasteiger charge is -2.36. The minimum absolute atomic E-state index is 0.00928. The van der Waals surface area contributed by atoms with Gasteiger partial charge in [0, 0.05) is 76.4 Å². The van der Waals surface area contributed by atoms with Crippen LogP contribution in [-0.2, 0) is 19.1 Å². The van der Waals surface area contributed by atoms with Crippen molar-refractivity contribution in [3.8, 4) is 0 Å². The van der Waals surface area contributed by atoms with Crippen LogP contribution in [0.5, 0.6) is 0 Å². The lowest BCUT2D eigenvalue weighted by atomic mass is 9.87. The van der Waals surface area contributed by atoms with Crippen molar-refractivity contribution in [2.75, 3.05) is 59.5 Å². The van der Waals surface area contributed by atoms with Gasteiger partial charge in [-0.25, -0.2) is 4.39 Å². The lowest BCUT2D eigenvalue weighted by molar-refractivity contribution is -0.138. The average molecular weight is 627 g/mol. The fourth-order valence-corrected chi connectivity index (χ4v) is 6.02. The van der Waals surface area contributed by atoms with Crippen LogP contribution in [0.15, 0.2) is 18.2 Å². The maximum absolute atomic E-state index is 14.1. The first-order valence-corrected chi connectivity index (χ1v) is 16.0. The van der Waals surface area contributed by atoms with E-state index in [9.17, 15) is 14.0 Å². The number of nitrogens with one attached hydrogen (secondary N) is 1. The van der Waals surface area contributed by atoms with Crippen LogP contribution in [0.1, 0.15) is 79.2 Å². The van der Waals surface area contributed by atoms with Crippen molar-refractivity contribution < 1.29 is 23.5 Å². The van der Waals surface area contributed by atoms with Crippen LogP contribution in [0.25, 0.3) is 0 Å². The van der Waals surface area contributed by atoms with Gasteiger partial charge >= 0.3 is 0 Å². The Labute approximate surface area is 264 Å². The van der Waals surface area contributed by atoms with Crippen molar-refractivity contribution in [1.29, 1.82) is 0 Å². The summed E-state index contributed by atoms with van der Waals surface area (Å²) in [5, 5.41) is 3.27. The van der Waals surface area contributed by atoms with Gasteiger partial charge in [-0.05, 0) is 55.3 Å². The monoisotopic (exact) mass is 626 g/mol. The van der Waals surface area contributed by atoms with Crippen molar-refractivity contribution >= 4 is 30.2 Å². The first-order valence-electron chi connectivity index (χ1n) is 15.6. The fraction of sp³-hybridized carbons (Fsp3) is 0.727. The van der Waals surface area contributed by atoms with Crippen LogP contribution in [0.2, 0.25) is 5.02 Å². The van der Waals surface area contributed by atoms with Gasteiger partial charge in [0.1, 0.15) is 18.6 Å². The molecule has 4 rings (SSSR count). The van der Waals surface area contributed by atoms with Crippen molar-refractivity contribution in [3.63, 3.8) is 0 Å². The molecule has 2 amide bonds. The second kappa shape index (κ2) is 19.3. The summed E-state index contributed by atoms with van der Waals surface area (Å²) in [6.45, 7) is 22.9. The number of benzene rings is 1. The van der Waals surface area contributed by atoms with Crippen LogP contribution >= 0.6 is 11.6 Å². The molecule has 0 bridgehead atoms. The Morgan fingerprint density at radius 3 is 2.19 bits per heavy atom. The molecule has 0 saturated carbocycles. The average Bonchev–Trinajstić information content (AvgIpc) is 3.36. The largest absolute Gasteiger partial charge is 0.381 e. The van der Waals surface area contributed by atoms with Crippen LogP contribution in [0, 0.1) is 17.2 Å². The molecule has 3 heterocycles. The van der Waals surface area contributed by atoms with E-state index in [0.29, 0.717) is 23.4 Å². The van der Waals surface area contributed by atoms with Gasteiger partial charge in [0.2, 0.25) is 11.8 Å². The van der Waals surface area contributed by atoms with Crippen LogP contribution in [-0.4, -0.2) is 105 Å². The van der Waals surface area contributed by atoms with Gasteiger partial charge in [0.05, 0.1) is 0 Å². The van der Waals surface area contributed by atoms with E-state index < -0.39 is 6.04 Å².